The van der Waals surface area contributed by atoms with Crippen LogP contribution in [0.15, 0.2) is 35.7 Å². The van der Waals surface area contributed by atoms with E-state index in [1.54, 1.807) is 24.5 Å². The van der Waals surface area contributed by atoms with Crippen molar-refractivity contribution in [3.05, 3.63) is 41.3 Å². The summed E-state index contributed by atoms with van der Waals surface area (Å²) in [6.45, 7) is 2.55. The van der Waals surface area contributed by atoms with Crippen molar-refractivity contribution in [2.75, 3.05) is 13.7 Å². The van der Waals surface area contributed by atoms with Gasteiger partial charge in [-0.1, -0.05) is 24.4 Å². The number of ether oxygens (including phenoxy) is 1. The largest absolute Gasteiger partial charge is 0.385 e. The van der Waals surface area contributed by atoms with Gasteiger partial charge in [0, 0.05) is 24.3 Å². The first-order chi connectivity index (χ1) is 10.2. The van der Waals surface area contributed by atoms with Gasteiger partial charge in [-0.3, -0.25) is 4.79 Å². The Morgan fingerprint density at radius 3 is 2.90 bits per heavy atom. The van der Waals surface area contributed by atoms with E-state index in [0.717, 1.165) is 28.7 Å². The Kier molecular flexibility index (Phi) is 5.79. The van der Waals surface area contributed by atoms with E-state index >= 15 is 0 Å². The SMILES string of the molecule is COCCC(C(C)=S)/C(=C\C=O)c1cccc2sccc12. The third-order valence-electron chi connectivity index (χ3n) is 3.53. The molecule has 1 aromatic heterocycles. The van der Waals surface area contributed by atoms with Gasteiger partial charge in [0.25, 0.3) is 0 Å². The Morgan fingerprint density at radius 1 is 1.43 bits per heavy atom. The van der Waals surface area contributed by atoms with Gasteiger partial charge in [0.1, 0.15) is 6.29 Å². The first-order valence-electron chi connectivity index (χ1n) is 6.80. The molecule has 0 aliphatic heterocycles. The smallest absolute Gasteiger partial charge is 0.143 e. The molecule has 0 bridgehead atoms. The van der Waals surface area contributed by atoms with E-state index in [1.165, 1.54) is 10.1 Å². The molecule has 0 spiro atoms. The Labute approximate surface area is 134 Å². The van der Waals surface area contributed by atoms with Crippen molar-refractivity contribution in [2.24, 2.45) is 5.92 Å². The standard InChI is InChI=1S/C17H18O2S2/c1-12(20)13(7-10-19-2)15(6-9-18)14-4-3-5-17-16(14)8-11-21-17/h3-6,8-9,11,13H,7,10H2,1-2H3/b15-6+. The fourth-order valence-corrected chi connectivity index (χ4v) is 3.58. The number of benzene rings is 1. The van der Waals surface area contributed by atoms with Crippen LogP contribution in [0.4, 0.5) is 0 Å². The van der Waals surface area contributed by atoms with Crippen LogP contribution in [0.2, 0.25) is 0 Å². The summed E-state index contributed by atoms with van der Waals surface area (Å²) in [4.78, 5) is 12.0. The lowest BCUT2D eigenvalue weighted by molar-refractivity contribution is -0.104. The summed E-state index contributed by atoms with van der Waals surface area (Å²) < 4.78 is 6.41. The van der Waals surface area contributed by atoms with Crippen molar-refractivity contribution in [2.45, 2.75) is 13.3 Å². The summed E-state index contributed by atoms with van der Waals surface area (Å²) in [5.74, 6) is 0.0515. The van der Waals surface area contributed by atoms with E-state index in [2.05, 4.69) is 23.6 Å². The number of carbonyl (C=O) groups excluding carboxylic acids is 1. The van der Waals surface area contributed by atoms with Crippen molar-refractivity contribution >= 4 is 50.4 Å². The molecule has 4 heteroatoms. The molecule has 110 valence electrons. The molecule has 0 aliphatic carbocycles. The van der Waals surface area contributed by atoms with E-state index in [9.17, 15) is 4.79 Å². The number of thiophene rings is 1. The van der Waals surface area contributed by atoms with Crippen molar-refractivity contribution in [1.29, 1.82) is 0 Å². The van der Waals surface area contributed by atoms with Gasteiger partial charge in [-0.2, -0.15) is 0 Å². The maximum Gasteiger partial charge on any atom is 0.143 e. The summed E-state index contributed by atoms with van der Waals surface area (Å²) in [6, 6.07) is 8.28. The number of thiocarbonyl (C=S) groups is 1. The van der Waals surface area contributed by atoms with Crippen molar-refractivity contribution in [3.63, 3.8) is 0 Å². The molecule has 2 nitrogen and oxygen atoms in total. The van der Waals surface area contributed by atoms with Crippen molar-refractivity contribution in [3.8, 4) is 0 Å². The van der Waals surface area contributed by atoms with Gasteiger partial charge in [0.15, 0.2) is 0 Å². The van der Waals surface area contributed by atoms with Crippen LogP contribution < -0.4 is 0 Å². The van der Waals surface area contributed by atoms with Gasteiger partial charge in [-0.05, 0) is 58.3 Å². The first kappa shape index (κ1) is 16.0. The van der Waals surface area contributed by atoms with Gasteiger partial charge in [0.2, 0.25) is 0 Å². The number of aldehydes is 1. The lowest BCUT2D eigenvalue weighted by Crippen LogP contribution is -2.14. The second-order valence-corrected chi connectivity index (χ2v) is 6.43. The van der Waals surface area contributed by atoms with Crippen LogP contribution in [0.1, 0.15) is 18.9 Å². The van der Waals surface area contributed by atoms with Crippen LogP contribution >= 0.6 is 23.6 Å². The third kappa shape index (κ3) is 3.64. The predicted octanol–water partition coefficient (Wildman–Crippen LogP) is 4.53. The molecule has 0 N–H and O–H groups in total. The highest BCUT2D eigenvalue weighted by Gasteiger charge is 2.19. The van der Waals surface area contributed by atoms with Crippen molar-refractivity contribution in [1.82, 2.24) is 0 Å². The fourth-order valence-electron chi connectivity index (χ4n) is 2.53. The fraction of sp³-hybridized carbons (Fsp3) is 0.294. The van der Waals surface area contributed by atoms with E-state index in [0.29, 0.717) is 6.61 Å². The molecule has 2 rings (SSSR count). The minimum absolute atomic E-state index is 0.0515. The molecule has 0 aliphatic rings. The Bertz CT molecular complexity index is 670. The summed E-state index contributed by atoms with van der Waals surface area (Å²) in [6.07, 6.45) is 3.27. The van der Waals surface area contributed by atoms with E-state index in [-0.39, 0.29) is 5.92 Å². The van der Waals surface area contributed by atoms with E-state index in [4.69, 9.17) is 17.0 Å². The molecule has 0 radical (unpaired) electrons. The molecule has 1 unspecified atom stereocenters. The van der Waals surface area contributed by atoms with Gasteiger partial charge < -0.3 is 4.74 Å². The highest BCUT2D eigenvalue weighted by Crippen LogP contribution is 2.34. The zero-order valence-corrected chi connectivity index (χ0v) is 13.8. The Morgan fingerprint density at radius 2 is 2.24 bits per heavy atom. The molecule has 1 atom stereocenters. The highest BCUT2D eigenvalue weighted by atomic mass is 32.1. The summed E-state index contributed by atoms with van der Waals surface area (Å²) >= 11 is 7.12. The number of hydrogen-bond acceptors (Lipinski definition) is 4. The molecular weight excluding hydrogens is 300 g/mol. The van der Waals surface area contributed by atoms with Gasteiger partial charge in [-0.15, -0.1) is 11.3 Å². The lowest BCUT2D eigenvalue weighted by atomic mass is 9.86. The molecule has 0 fully saturated rings. The lowest BCUT2D eigenvalue weighted by Gasteiger charge is -2.20. The van der Waals surface area contributed by atoms with Crippen LogP contribution in [0, 0.1) is 5.92 Å². The van der Waals surface area contributed by atoms with Crippen LogP contribution in [0.3, 0.4) is 0 Å². The number of rotatable bonds is 7. The van der Waals surface area contributed by atoms with Gasteiger partial charge in [0.05, 0.1) is 0 Å². The molecule has 2 aromatic rings. The monoisotopic (exact) mass is 318 g/mol. The van der Waals surface area contributed by atoms with E-state index < -0.39 is 0 Å². The quantitative estimate of drug-likeness (QED) is 0.426. The maximum atomic E-state index is 11.1. The first-order valence-corrected chi connectivity index (χ1v) is 8.09. The average Bonchev–Trinajstić information content (AvgIpc) is 2.94. The summed E-state index contributed by atoms with van der Waals surface area (Å²) in [7, 11) is 1.68. The Hall–Kier alpha value is -1.36. The van der Waals surface area contributed by atoms with Crippen LogP contribution in [-0.4, -0.2) is 24.9 Å². The predicted molar refractivity (Wildman–Crippen MR) is 94.1 cm³/mol. The topological polar surface area (TPSA) is 26.3 Å². The highest BCUT2D eigenvalue weighted by molar-refractivity contribution is 7.80. The van der Waals surface area contributed by atoms with Crippen LogP contribution in [-0.2, 0) is 9.53 Å². The minimum atomic E-state index is 0.0515. The van der Waals surface area contributed by atoms with Crippen LogP contribution in [0.5, 0.6) is 0 Å². The number of allylic oxidation sites excluding steroid dienone is 2. The second-order valence-electron chi connectivity index (χ2n) is 4.84. The third-order valence-corrected chi connectivity index (χ3v) is 4.70. The molecule has 1 aromatic carbocycles. The Balaban J connectivity index is 2.51. The second kappa shape index (κ2) is 7.59. The van der Waals surface area contributed by atoms with Gasteiger partial charge in [-0.25, -0.2) is 0 Å². The summed E-state index contributed by atoms with van der Waals surface area (Å²) in [5, 5.41) is 3.25. The zero-order valence-electron chi connectivity index (χ0n) is 12.2. The molecule has 0 saturated carbocycles. The number of fused-ring (bicyclic) bond motifs is 1. The molecule has 0 saturated heterocycles. The molecule has 1 heterocycles. The minimum Gasteiger partial charge on any atom is -0.385 e. The van der Waals surface area contributed by atoms with Crippen molar-refractivity contribution < 1.29 is 9.53 Å². The number of hydrogen-bond donors (Lipinski definition) is 0. The van der Waals surface area contributed by atoms with Gasteiger partial charge >= 0.3 is 0 Å². The zero-order chi connectivity index (χ0) is 15.2. The van der Waals surface area contributed by atoms with E-state index in [1.807, 2.05) is 13.0 Å². The number of methoxy groups -OCH3 is 1. The summed E-state index contributed by atoms with van der Waals surface area (Å²) in [5.41, 5.74) is 2.07. The van der Waals surface area contributed by atoms with Crippen LogP contribution in [0.25, 0.3) is 15.7 Å². The normalized spacial score (nSPS) is 13.3. The average molecular weight is 318 g/mol. The molecular formula is C17H18O2S2. The maximum absolute atomic E-state index is 11.1. The molecule has 0 amide bonds. The molecule has 21 heavy (non-hydrogen) atoms. The number of carbonyl (C=O) groups is 1.